The highest BCUT2D eigenvalue weighted by Crippen LogP contribution is 2.18. The fourth-order valence-corrected chi connectivity index (χ4v) is 1.06. The molecule has 6 nitrogen and oxygen atoms in total. The van der Waals surface area contributed by atoms with Crippen LogP contribution in [0.1, 0.15) is 6.42 Å². The summed E-state index contributed by atoms with van der Waals surface area (Å²) in [6.45, 7) is 0.216. The van der Waals surface area contributed by atoms with Gasteiger partial charge < -0.3 is 14.3 Å². The standard InChI is InChI=1S/C10H14N2O4/c1-14-8-3-2-4-9(7-8)15-6-5-10(13)16-12-11/h2-4,7,12H,5-6,11H2,1H3. The van der Waals surface area contributed by atoms with Gasteiger partial charge in [0.05, 0.1) is 20.1 Å². The predicted octanol–water partition coefficient (Wildman–Crippen LogP) is 0.386. The number of methoxy groups -OCH3 is 1. The van der Waals surface area contributed by atoms with Crippen LogP contribution in [-0.4, -0.2) is 19.7 Å². The molecule has 0 radical (unpaired) electrons. The molecule has 0 unspecified atom stereocenters. The van der Waals surface area contributed by atoms with Crippen molar-refractivity contribution in [2.24, 2.45) is 5.84 Å². The molecule has 0 amide bonds. The van der Waals surface area contributed by atoms with Crippen molar-refractivity contribution in [1.82, 2.24) is 5.59 Å². The molecule has 0 heterocycles. The van der Waals surface area contributed by atoms with Crippen molar-refractivity contribution in [2.45, 2.75) is 6.42 Å². The number of hydrazine groups is 1. The summed E-state index contributed by atoms with van der Waals surface area (Å²) < 4.78 is 10.3. The molecule has 0 atom stereocenters. The molecule has 0 spiro atoms. The third-order valence-corrected chi connectivity index (χ3v) is 1.79. The zero-order valence-electron chi connectivity index (χ0n) is 8.93. The minimum atomic E-state index is -0.481. The Morgan fingerprint density at radius 1 is 1.44 bits per heavy atom. The summed E-state index contributed by atoms with van der Waals surface area (Å²) in [6, 6.07) is 7.11. The minimum absolute atomic E-state index is 0.113. The second kappa shape index (κ2) is 6.65. The Morgan fingerprint density at radius 3 is 2.88 bits per heavy atom. The van der Waals surface area contributed by atoms with Crippen LogP contribution in [0.15, 0.2) is 24.3 Å². The second-order valence-corrected chi connectivity index (χ2v) is 2.87. The zero-order valence-corrected chi connectivity index (χ0v) is 8.93. The van der Waals surface area contributed by atoms with Crippen LogP contribution in [0.3, 0.4) is 0 Å². The molecule has 0 aliphatic carbocycles. The number of nitrogens with two attached hydrogens (primary N) is 1. The van der Waals surface area contributed by atoms with Crippen LogP contribution in [0.5, 0.6) is 11.5 Å². The molecule has 0 aliphatic heterocycles. The van der Waals surface area contributed by atoms with Crippen LogP contribution < -0.4 is 20.9 Å². The van der Waals surface area contributed by atoms with Gasteiger partial charge in [0.1, 0.15) is 11.5 Å². The van der Waals surface area contributed by atoms with Crippen LogP contribution in [0.4, 0.5) is 0 Å². The molecule has 0 aliphatic rings. The molecule has 6 heteroatoms. The molecule has 1 aromatic carbocycles. The highest BCUT2D eigenvalue weighted by Gasteiger charge is 2.03. The summed E-state index contributed by atoms with van der Waals surface area (Å²) in [4.78, 5) is 15.2. The first-order valence-corrected chi connectivity index (χ1v) is 4.68. The summed E-state index contributed by atoms with van der Waals surface area (Å²) in [5.74, 6) is 5.65. The molecule has 1 aromatic rings. The van der Waals surface area contributed by atoms with E-state index in [1.165, 1.54) is 0 Å². The number of nitrogens with one attached hydrogen (secondary N) is 1. The van der Waals surface area contributed by atoms with Crippen molar-refractivity contribution >= 4 is 5.97 Å². The Labute approximate surface area is 93.2 Å². The van der Waals surface area contributed by atoms with E-state index in [1.807, 2.05) is 5.59 Å². The number of ether oxygens (including phenoxy) is 2. The Bertz CT molecular complexity index is 343. The fourth-order valence-electron chi connectivity index (χ4n) is 1.06. The van der Waals surface area contributed by atoms with Gasteiger partial charge in [-0.05, 0) is 12.1 Å². The van der Waals surface area contributed by atoms with Crippen molar-refractivity contribution in [1.29, 1.82) is 0 Å². The first kappa shape index (κ1) is 12.3. The highest BCUT2D eigenvalue weighted by atomic mass is 16.7. The van der Waals surface area contributed by atoms with Gasteiger partial charge in [0.2, 0.25) is 0 Å². The third-order valence-electron chi connectivity index (χ3n) is 1.79. The maximum absolute atomic E-state index is 10.9. The van der Waals surface area contributed by atoms with Gasteiger partial charge in [-0.1, -0.05) is 11.7 Å². The molecule has 3 N–H and O–H groups in total. The van der Waals surface area contributed by atoms with E-state index < -0.39 is 5.97 Å². The van der Waals surface area contributed by atoms with Crippen LogP contribution in [-0.2, 0) is 9.63 Å². The third kappa shape index (κ3) is 4.16. The van der Waals surface area contributed by atoms with Crippen LogP contribution in [0.25, 0.3) is 0 Å². The van der Waals surface area contributed by atoms with Gasteiger partial charge >= 0.3 is 5.97 Å². The number of benzene rings is 1. The first-order valence-electron chi connectivity index (χ1n) is 4.68. The Balaban J connectivity index is 2.34. The second-order valence-electron chi connectivity index (χ2n) is 2.87. The highest BCUT2D eigenvalue weighted by molar-refractivity contribution is 5.69. The van der Waals surface area contributed by atoms with Gasteiger partial charge in [-0.25, -0.2) is 5.84 Å². The predicted molar refractivity (Wildman–Crippen MR) is 56.5 cm³/mol. The van der Waals surface area contributed by atoms with Crippen molar-refractivity contribution in [3.63, 3.8) is 0 Å². The maximum Gasteiger partial charge on any atom is 0.329 e. The fraction of sp³-hybridized carbons (Fsp3) is 0.300. The lowest BCUT2D eigenvalue weighted by atomic mass is 10.3. The van der Waals surface area contributed by atoms with Crippen LogP contribution in [0, 0.1) is 0 Å². The lowest BCUT2D eigenvalue weighted by molar-refractivity contribution is -0.151. The molecule has 0 bridgehead atoms. The van der Waals surface area contributed by atoms with Gasteiger partial charge in [0.25, 0.3) is 0 Å². The minimum Gasteiger partial charge on any atom is -0.497 e. The maximum atomic E-state index is 10.9. The average Bonchev–Trinajstić information content (AvgIpc) is 2.30. The summed E-state index contributed by atoms with van der Waals surface area (Å²) in [5, 5.41) is 0. The number of carbonyl (C=O) groups excluding carboxylic acids is 1. The Hall–Kier alpha value is -1.79. The molecule has 0 saturated carbocycles. The summed E-state index contributed by atoms with van der Waals surface area (Å²) in [5.41, 5.74) is 1.81. The van der Waals surface area contributed by atoms with E-state index in [0.717, 1.165) is 0 Å². The van der Waals surface area contributed by atoms with Crippen LogP contribution >= 0.6 is 0 Å². The quantitative estimate of drug-likeness (QED) is 0.539. The zero-order chi connectivity index (χ0) is 11.8. The van der Waals surface area contributed by atoms with Crippen molar-refractivity contribution in [3.05, 3.63) is 24.3 Å². The van der Waals surface area contributed by atoms with Gasteiger partial charge in [0.15, 0.2) is 0 Å². The summed E-state index contributed by atoms with van der Waals surface area (Å²) in [6.07, 6.45) is 0.113. The smallest absolute Gasteiger partial charge is 0.329 e. The van der Waals surface area contributed by atoms with E-state index in [0.29, 0.717) is 11.5 Å². The molecule has 0 aromatic heterocycles. The van der Waals surface area contributed by atoms with E-state index in [-0.39, 0.29) is 13.0 Å². The van der Waals surface area contributed by atoms with Crippen molar-refractivity contribution in [3.8, 4) is 11.5 Å². The van der Waals surface area contributed by atoms with E-state index >= 15 is 0 Å². The normalized spacial score (nSPS) is 9.62. The van der Waals surface area contributed by atoms with Crippen molar-refractivity contribution in [2.75, 3.05) is 13.7 Å². The number of carbonyl (C=O) groups is 1. The Kier molecular flexibility index (Phi) is 5.10. The molecular weight excluding hydrogens is 212 g/mol. The van der Waals surface area contributed by atoms with Gasteiger partial charge in [-0.15, -0.1) is 0 Å². The van der Waals surface area contributed by atoms with Gasteiger partial charge in [0, 0.05) is 6.07 Å². The van der Waals surface area contributed by atoms with E-state index in [1.54, 1.807) is 31.4 Å². The van der Waals surface area contributed by atoms with E-state index in [9.17, 15) is 4.79 Å². The molecule has 16 heavy (non-hydrogen) atoms. The number of hydrogen-bond donors (Lipinski definition) is 2. The molecule has 88 valence electrons. The lowest BCUT2D eigenvalue weighted by Crippen LogP contribution is -2.26. The van der Waals surface area contributed by atoms with E-state index in [4.69, 9.17) is 15.3 Å². The molecule has 0 fully saturated rings. The Morgan fingerprint density at radius 2 is 2.19 bits per heavy atom. The van der Waals surface area contributed by atoms with Gasteiger partial charge in [-0.3, -0.25) is 4.79 Å². The first-order chi connectivity index (χ1) is 7.76. The van der Waals surface area contributed by atoms with Crippen LogP contribution in [0.2, 0.25) is 0 Å². The van der Waals surface area contributed by atoms with E-state index in [2.05, 4.69) is 4.84 Å². The number of rotatable bonds is 6. The van der Waals surface area contributed by atoms with Gasteiger partial charge in [-0.2, -0.15) is 0 Å². The number of hydrogen-bond acceptors (Lipinski definition) is 6. The largest absolute Gasteiger partial charge is 0.497 e. The van der Waals surface area contributed by atoms with Crippen molar-refractivity contribution < 1.29 is 19.1 Å². The molecule has 0 saturated heterocycles. The molecule has 1 rings (SSSR count). The summed E-state index contributed by atoms with van der Waals surface area (Å²) in [7, 11) is 1.57. The molecular formula is C10H14N2O4. The monoisotopic (exact) mass is 226 g/mol. The summed E-state index contributed by atoms with van der Waals surface area (Å²) >= 11 is 0. The SMILES string of the molecule is COc1cccc(OCCC(=O)ONN)c1. The lowest BCUT2D eigenvalue weighted by Gasteiger charge is -2.06. The average molecular weight is 226 g/mol. The topological polar surface area (TPSA) is 82.8 Å².